The van der Waals surface area contributed by atoms with Crippen molar-refractivity contribution in [1.29, 1.82) is 0 Å². The Bertz CT molecular complexity index is 303. The molecule has 0 spiro atoms. The Morgan fingerprint density at radius 3 is 2.94 bits per heavy atom. The van der Waals surface area contributed by atoms with Crippen LogP contribution in [-0.4, -0.2) is 41.9 Å². The molecule has 0 aliphatic rings. The molecule has 0 aliphatic carbocycles. The summed E-state index contributed by atoms with van der Waals surface area (Å²) in [5.41, 5.74) is 7.05. The lowest BCUT2D eigenvalue weighted by Gasteiger charge is -2.12. The van der Waals surface area contributed by atoms with Gasteiger partial charge in [0.1, 0.15) is 0 Å². The molecular formula is C11H22N4O2. The van der Waals surface area contributed by atoms with Gasteiger partial charge in [-0.05, 0) is 12.8 Å². The topological polar surface area (TPSA) is 75.2 Å². The average molecular weight is 242 g/mol. The number of aromatic nitrogens is 3. The Hall–Kier alpha value is -0.980. The van der Waals surface area contributed by atoms with Crippen LogP contribution in [0.25, 0.3) is 0 Å². The lowest BCUT2D eigenvalue weighted by atomic mass is 10.2. The van der Waals surface area contributed by atoms with Crippen LogP contribution >= 0.6 is 0 Å². The number of hydrogen-bond donors (Lipinski definition) is 1. The highest BCUT2D eigenvalue weighted by Crippen LogP contribution is 2.12. The van der Waals surface area contributed by atoms with Gasteiger partial charge in [-0.15, -0.1) is 5.10 Å². The van der Waals surface area contributed by atoms with Gasteiger partial charge in [-0.1, -0.05) is 12.1 Å². The molecule has 0 aliphatic heterocycles. The van der Waals surface area contributed by atoms with Gasteiger partial charge in [-0.25, -0.2) is 4.68 Å². The van der Waals surface area contributed by atoms with Crippen molar-refractivity contribution in [3.63, 3.8) is 0 Å². The highest BCUT2D eigenvalue weighted by Gasteiger charge is 2.12. The molecule has 0 aromatic carbocycles. The van der Waals surface area contributed by atoms with Crippen LogP contribution in [0, 0.1) is 0 Å². The molecular weight excluding hydrogens is 220 g/mol. The summed E-state index contributed by atoms with van der Waals surface area (Å²) in [5, 5.41) is 7.90. The van der Waals surface area contributed by atoms with Gasteiger partial charge in [-0.2, -0.15) is 0 Å². The monoisotopic (exact) mass is 242 g/mol. The molecule has 17 heavy (non-hydrogen) atoms. The second-order valence-electron chi connectivity index (χ2n) is 3.88. The standard InChI is InChI=1S/C11H22N4O2/c1-3-5-15-11(9-13-14-15)10(12)4-6-17-8-7-16-2/h9-10H,3-8,12H2,1-2H3. The van der Waals surface area contributed by atoms with Crippen molar-refractivity contribution in [3.8, 4) is 0 Å². The smallest absolute Gasteiger partial charge is 0.0755 e. The maximum absolute atomic E-state index is 6.07. The van der Waals surface area contributed by atoms with Gasteiger partial charge < -0.3 is 15.2 Å². The fourth-order valence-electron chi connectivity index (χ4n) is 1.54. The number of nitrogens with two attached hydrogens (primary N) is 1. The fraction of sp³-hybridized carbons (Fsp3) is 0.818. The molecule has 98 valence electrons. The van der Waals surface area contributed by atoms with Gasteiger partial charge >= 0.3 is 0 Å². The highest BCUT2D eigenvalue weighted by molar-refractivity contribution is 5.00. The van der Waals surface area contributed by atoms with Crippen molar-refractivity contribution in [2.75, 3.05) is 26.9 Å². The fourth-order valence-corrected chi connectivity index (χ4v) is 1.54. The van der Waals surface area contributed by atoms with E-state index in [0.717, 1.165) is 25.1 Å². The summed E-state index contributed by atoms with van der Waals surface area (Å²) in [4.78, 5) is 0. The minimum absolute atomic E-state index is 0.0703. The first-order chi connectivity index (χ1) is 8.29. The van der Waals surface area contributed by atoms with Gasteiger partial charge in [0.15, 0.2) is 0 Å². The van der Waals surface area contributed by atoms with Crippen molar-refractivity contribution in [3.05, 3.63) is 11.9 Å². The number of rotatable bonds is 9. The van der Waals surface area contributed by atoms with E-state index >= 15 is 0 Å². The second kappa shape index (κ2) is 8.16. The first-order valence-electron chi connectivity index (χ1n) is 6.00. The van der Waals surface area contributed by atoms with Crippen molar-refractivity contribution in [1.82, 2.24) is 15.0 Å². The molecule has 2 N–H and O–H groups in total. The molecule has 0 bridgehead atoms. The SMILES string of the molecule is CCCn1nncc1C(N)CCOCCOC. The molecule has 1 rings (SSSR count). The van der Waals surface area contributed by atoms with E-state index < -0.39 is 0 Å². The number of aryl methyl sites for hydroxylation is 1. The summed E-state index contributed by atoms with van der Waals surface area (Å²) in [6.07, 6.45) is 3.52. The summed E-state index contributed by atoms with van der Waals surface area (Å²) in [7, 11) is 1.66. The Kier molecular flexibility index (Phi) is 6.76. The zero-order chi connectivity index (χ0) is 12.5. The van der Waals surface area contributed by atoms with Crippen LogP contribution in [0.4, 0.5) is 0 Å². The van der Waals surface area contributed by atoms with E-state index in [4.69, 9.17) is 15.2 Å². The number of methoxy groups -OCH3 is 1. The molecule has 1 atom stereocenters. The zero-order valence-electron chi connectivity index (χ0n) is 10.6. The van der Waals surface area contributed by atoms with Crippen LogP contribution in [-0.2, 0) is 16.0 Å². The van der Waals surface area contributed by atoms with Crippen LogP contribution in [0.5, 0.6) is 0 Å². The molecule has 0 amide bonds. The summed E-state index contributed by atoms with van der Waals surface area (Å²) in [5.74, 6) is 0. The first kappa shape index (κ1) is 14.1. The quantitative estimate of drug-likeness (QED) is 0.646. The van der Waals surface area contributed by atoms with Crippen molar-refractivity contribution in [2.24, 2.45) is 5.73 Å². The summed E-state index contributed by atoms with van der Waals surface area (Å²) >= 11 is 0. The molecule has 6 nitrogen and oxygen atoms in total. The minimum atomic E-state index is -0.0703. The molecule has 1 unspecified atom stereocenters. The summed E-state index contributed by atoms with van der Waals surface area (Å²) in [6.45, 7) is 4.81. The largest absolute Gasteiger partial charge is 0.382 e. The molecule has 0 fully saturated rings. The summed E-state index contributed by atoms with van der Waals surface area (Å²) < 4.78 is 12.1. The highest BCUT2D eigenvalue weighted by atomic mass is 16.5. The second-order valence-corrected chi connectivity index (χ2v) is 3.88. The Labute approximate surface area is 102 Å². The lowest BCUT2D eigenvalue weighted by molar-refractivity contribution is 0.0669. The maximum atomic E-state index is 6.07. The van der Waals surface area contributed by atoms with Crippen LogP contribution in [0.3, 0.4) is 0 Å². The molecule has 0 saturated carbocycles. The molecule has 1 heterocycles. The van der Waals surface area contributed by atoms with E-state index in [0.29, 0.717) is 19.8 Å². The number of ether oxygens (including phenoxy) is 2. The molecule has 6 heteroatoms. The lowest BCUT2D eigenvalue weighted by Crippen LogP contribution is -2.18. The van der Waals surface area contributed by atoms with E-state index in [2.05, 4.69) is 17.2 Å². The van der Waals surface area contributed by atoms with Gasteiger partial charge in [-0.3, -0.25) is 0 Å². The van der Waals surface area contributed by atoms with Crippen molar-refractivity contribution < 1.29 is 9.47 Å². The molecule has 1 aromatic heterocycles. The minimum Gasteiger partial charge on any atom is -0.382 e. The third-order valence-corrected chi connectivity index (χ3v) is 2.47. The molecule has 0 radical (unpaired) electrons. The third-order valence-electron chi connectivity index (χ3n) is 2.47. The Balaban J connectivity index is 2.30. The predicted octanol–water partition coefficient (Wildman–Crippen LogP) is 0.741. The number of hydrogen-bond acceptors (Lipinski definition) is 5. The normalized spacial score (nSPS) is 12.9. The summed E-state index contributed by atoms with van der Waals surface area (Å²) in [6, 6.07) is -0.0703. The van der Waals surface area contributed by atoms with Gasteiger partial charge in [0, 0.05) is 20.3 Å². The van der Waals surface area contributed by atoms with E-state index in [-0.39, 0.29) is 6.04 Å². The van der Waals surface area contributed by atoms with Crippen LogP contribution < -0.4 is 5.73 Å². The maximum Gasteiger partial charge on any atom is 0.0755 e. The van der Waals surface area contributed by atoms with Crippen molar-refractivity contribution in [2.45, 2.75) is 32.4 Å². The number of nitrogens with zero attached hydrogens (tertiary/aromatic N) is 3. The van der Waals surface area contributed by atoms with E-state index in [1.807, 2.05) is 4.68 Å². The zero-order valence-corrected chi connectivity index (χ0v) is 10.6. The molecule has 1 aromatic rings. The first-order valence-corrected chi connectivity index (χ1v) is 6.00. The van der Waals surface area contributed by atoms with Gasteiger partial charge in [0.25, 0.3) is 0 Å². The van der Waals surface area contributed by atoms with E-state index in [9.17, 15) is 0 Å². The van der Waals surface area contributed by atoms with Gasteiger partial charge in [0.2, 0.25) is 0 Å². The Morgan fingerprint density at radius 2 is 2.24 bits per heavy atom. The van der Waals surface area contributed by atoms with Crippen molar-refractivity contribution >= 4 is 0 Å². The third kappa shape index (κ3) is 4.80. The van der Waals surface area contributed by atoms with Crippen LogP contribution in [0.2, 0.25) is 0 Å². The Morgan fingerprint density at radius 1 is 1.41 bits per heavy atom. The van der Waals surface area contributed by atoms with E-state index in [1.54, 1.807) is 13.3 Å². The molecule has 0 saturated heterocycles. The average Bonchev–Trinajstić information content (AvgIpc) is 2.77. The van der Waals surface area contributed by atoms with Gasteiger partial charge in [0.05, 0.1) is 31.1 Å². The van der Waals surface area contributed by atoms with Crippen LogP contribution in [0.15, 0.2) is 6.20 Å². The van der Waals surface area contributed by atoms with Crippen LogP contribution in [0.1, 0.15) is 31.5 Å². The predicted molar refractivity (Wildman–Crippen MR) is 64.6 cm³/mol. The van der Waals surface area contributed by atoms with E-state index in [1.165, 1.54) is 0 Å².